The Morgan fingerprint density at radius 3 is 2.94 bits per heavy atom. The molecule has 0 unspecified atom stereocenters. The first kappa shape index (κ1) is 21.0. The predicted molar refractivity (Wildman–Crippen MR) is 123 cm³/mol. The van der Waals surface area contributed by atoms with Crippen molar-refractivity contribution in [2.45, 2.75) is 57.0 Å². The number of hydrogen-bond acceptors (Lipinski definition) is 5. The van der Waals surface area contributed by atoms with Crippen LogP contribution in [0, 0.1) is 5.82 Å². The van der Waals surface area contributed by atoms with Gasteiger partial charge in [0, 0.05) is 54.1 Å². The van der Waals surface area contributed by atoms with E-state index in [2.05, 4.69) is 33.7 Å². The quantitative estimate of drug-likeness (QED) is 0.432. The molecule has 1 aromatic carbocycles. The van der Waals surface area contributed by atoms with E-state index >= 15 is 0 Å². The van der Waals surface area contributed by atoms with Gasteiger partial charge in [-0.25, -0.2) is 8.91 Å². The maximum absolute atomic E-state index is 14.5. The Kier molecular flexibility index (Phi) is 5.87. The second-order valence-electron chi connectivity index (χ2n) is 8.71. The van der Waals surface area contributed by atoms with E-state index in [9.17, 15) is 9.50 Å². The molecule has 6 nitrogen and oxygen atoms in total. The van der Waals surface area contributed by atoms with E-state index in [1.807, 2.05) is 40.9 Å². The highest BCUT2D eigenvalue weighted by molar-refractivity contribution is 5.79. The lowest BCUT2D eigenvalue weighted by molar-refractivity contribution is 0.0721. The zero-order valence-corrected chi connectivity index (χ0v) is 18.1. The van der Waals surface area contributed by atoms with Crippen LogP contribution in [0.5, 0.6) is 0 Å². The molecule has 1 aliphatic rings. The first-order valence-corrected chi connectivity index (χ1v) is 11.2. The summed E-state index contributed by atoms with van der Waals surface area (Å²) < 4.78 is 16.4. The van der Waals surface area contributed by atoms with Crippen LogP contribution in [-0.4, -0.2) is 37.9 Å². The molecule has 1 saturated carbocycles. The van der Waals surface area contributed by atoms with Gasteiger partial charge in [-0.3, -0.25) is 4.98 Å². The minimum atomic E-state index is -0.487. The molecule has 1 aliphatic carbocycles. The van der Waals surface area contributed by atoms with Crippen molar-refractivity contribution in [3.05, 3.63) is 78.0 Å². The summed E-state index contributed by atoms with van der Waals surface area (Å²) in [6.45, 7) is 2.51. The standard InChI is InChI=1S/C25H28FN5O/c1-16(24-6-2-5-20-9-11-29-31(20)24)30-19-7-8-22(25(32)13-19)28-15-18-12-17-4-3-10-27-23(17)14-21(18)26/h2-6,9-12,14,16,19,22,25,28,30,32H,7-8,13,15H2,1H3/t16-,19+,22+,25-/m1/s1. The van der Waals surface area contributed by atoms with E-state index in [1.54, 1.807) is 12.4 Å². The summed E-state index contributed by atoms with van der Waals surface area (Å²) in [5, 5.41) is 23.1. The van der Waals surface area contributed by atoms with E-state index in [0.29, 0.717) is 24.0 Å². The van der Waals surface area contributed by atoms with Crippen molar-refractivity contribution < 1.29 is 9.50 Å². The predicted octanol–water partition coefficient (Wildman–Crippen LogP) is 3.74. The van der Waals surface area contributed by atoms with Crippen molar-refractivity contribution in [2.24, 2.45) is 0 Å². The Hall–Kier alpha value is -2.87. The minimum absolute atomic E-state index is 0.0538. The van der Waals surface area contributed by atoms with Crippen LogP contribution in [0.1, 0.15) is 43.5 Å². The van der Waals surface area contributed by atoms with Gasteiger partial charge < -0.3 is 15.7 Å². The molecule has 3 aromatic heterocycles. The number of halogens is 1. The van der Waals surface area contributed by atoms with Crippen LogP contribution in [0.15, 0.2) is 60.9 Å². The maximum Gasteiger partial charge on any atom is 0.129 e. The zero-order chi connectivity index (χ0) is 22.1. The van der Waals surface area contributed by atoms with Crippen molar-refractivity contribution in [1.29, 1.82) is 0 Å². The molecule has 0 spiro atoms. The lowest BCUT2D eigenvalue weighted by Crippen LogP contribution is -2.49. The van der Waals surface area contributed by atoms with Crippen LogP contribution < -0.4 is 10.6 Å². The third-order valence-corrected chi connectivity index (χ3v) is 6.52. The molecular weight excluding hydrogens is 405 g/mol. The van der Waals surface area contributed by atoms with E-state index in [1.165, 1.54) is 6.07 Å². The number of aliphatic hydroxyl groups is 1. The summed E-state index contributed by atoms with van der Waals surface area (Å²) in [5.41, 5.74) is 3.42. The average molecular weight is 434 g/mol. The SMILES string of the molecule is C[C@@H](N[C@H]1CC[C@H](NCc2cc3cccnc3cc2F)[C@H](O)C1)c1cccc2ccnn12. The van der Waals surface area contributed by atoms with Gasteiger partial charge in [-0.15, -0.1) is 0 Å². The molecule has 4 aromatic rings. The van der Waals surface area contributed by atoms with Crippen molar-refractivity contribution in [3.63, 3.8) is 0 Å². The van der Waals surface area contributed by atoms with Gasteiger partial charge in [0.1, 0.15) is 5.82 Å². The van der Waals surface area contributed by atoms with E-state index < -0.39 is 6.10 Å². The summed E-state index contributed by atoms with van der Waals surface area (Å²) >= 11 is 0. The molecule has 0 amide bonds. The lowest BCUT2D eigenvalue weighted by atomic mass is 9.88. The van der Waals surface area contributed by atoms with Crippen LogP contribution in [0.3, 0.4) is 0 Å². The van der Waals surface area contributed by atoms with Crippen molar-refractivity contribution in [3.8, 4) is 0 Å². The van der Waals surface area contributed by atoms with Crippen LogP contribution in [0.25, 0.3) is 16.4 Å². The van der Waals surface area contributed by atoms with Crippen LogP contribution >= 0.6 is 0 Å². The molecule has 3 N–H and O–H groups in total. The fraction of sp³-hybridized carbons (Fsp3) is 0.360. The van der Waals surface area contributed by atoms with Gasteiger partial charge >= 0.3 is 0 Å². The lowest BCUT2D eigenvalue weighted by Gasteiger charge is -2.35. The van der Waals surface area contributed by atoms with Crippen LogP contribution in [0.2, 0.25) is 0 Å². The molecule has 7 heteroatoms. The number of benzene rings is 1. The van der Waals surface area contributed by atoms with Crippen molar-refractivity contribution in [2.75, 3.05) is 0 Å². The summed E-state index contributed by atoms with van der Waals surface area (Å²) in [4.78, 5) is 4.20. The van der Waals surface area contributed by atoms with Gasteiger partial charge in [0.05, 0.1) is 22.8 Å². The molecule has 3 heterocycles. The normalized spacial score (nSPS) is 22.4. The highest BCUT2D eigenvalue weighted by Gasteiger charge is 2.30. The molecule has 0 aliphatic heterocycles. The number of pyridine rings is 2. The Labute approximate surface area is 186 Å². The molecule has 166 valence electrons. The molecule has 5 rings (SSSR count). The monoisotopic (exact) mass is 433 g/mol. The fourth-order valence-electron chi connectivity index (χ4n) is 4.79. The summed E-state index contributed by atoms with van der Waals surface area (Å²) in [7, 11) is 0. The third-order valence-electron chi connectivity index (χ3n) is 6.52. The third kappa shape index (κ3) is 4.24. The Balaban J connectivity index is 1.19. The molecule has 32 heavy (non-hydrogen) atoms. The van der Waals surface area contributed by atoms with Crippen molar-refractivity contribution in [1.82, 2.24) is 25.2 Å². The van der Waals surface area contributed by atoms with Crippen LogP contribution in [-0.2, 0) is 6.54 Å². The van der Waals surface area contributed by atoms with E-state index in [-0.39, 0.29) is 23.9 Å². The largest absolute Gasteiger partial charge is 0.391 e. The topological polar surface area (TPSA) is 74.5 Å². The average Bonchev–Trinajstić information content (AvgIpc) is 3.27. The van der Waals surface area contributed by atoms with Crippen molar-refractivity contribution >= 4 is 16.4 Å². The van der Waals surface area contributed by atoms with Gasteiger partial charge in [-0.05, 0) is 56.5 Å². The number of fused-ring (bicyclic) bond motifs is 2. The molecule has 0 bridgehead atoms. The summed E-state index contributed by atoms with van der Waals surface area (Å²) in [6.07, 6.45) is 5.41. The minimum Gasteiger partial charge on any atom is -0.391 e. The first-order valence-electron chi connectivity index (χ1n) is 11.2. The Morgan fingerprint density at radius 2 is 2.06 bits per heavy atom. The molecular formula is C25H28FN5O. The number of hydrogen-bond donors (Lipinski definition) is 3. The highest BCUT2D eigenvalue weighted by Crippen LogP contribution is 2.24. The number of rotatable bonds is 6. The number of nitrogens with zero attached hydrogens (tertiary/aromatic N) is 3. The summed E-state index contributed by atoms with van der Waals surface area (Å²) in [5.74, 6) is -0.268. The Bertz CT molecular complexity index is 1230. The molecule has 1 fully saturated rings. The van der Waals surface area contributed by atoms with Crippen LogP contribution in [0.4, 0.5) is 4.39 Å². The van der Waals surface area contributed by atoms with Gasteiger partial charge in [-0.2, -0.15) is 5.10 Å². The maximum atomic E-state index is 14.5. The van der Waals surface area contributed by atoms with E-state index in [4.69, 9.17) is 0 Å². The smallest absolute Gasteiger partial charge is 0.129 e. The molecule has 4 atom stereocenters. The zero-order valence-electron chi connectivity index (χ0n) is 18.1. The summed E-state index contributed by atoms with van der Waals surface area (Å²) in [6, 6.07) is 15.5. The van der Waals surface area contributed by atoms with E-state index in [0.717, 1.165) is 29.4 Å². The molecule has 0 radical (unpaired) electrons. The highest BCUT2D eigenvalue weighted by atomic mass is 19.1. The van der Waals surface area contributed by atoms with Gasteiger partial charge in [0.15, 0.2) is 0 Å². The second kappa shape index (κ2) is 8.94. The first-order chi connectivity index (χ1) is 15.6. The second-order valence-corrected chi connectivity index (χ2v) is 8.71. The van der Waals surface area contributed by atoms with Gasteiger partial charge in [-0.1, -0.05) is 12.1 Å². The van der Waals surface area contributed by atoms with Gasteiger partial charge in [0.2, 0.25) is 0 Å². The number of aliphatic hydroxyl groups excluding tert-OH is 1. The fourth-order valence-corrected chi connectivity index (χ4v) is 4.79. The molecule has 0 saturated heterocycles. The Morgan fingerprint density at radius 1 is 1.16 bits per heavy atom. The van der Waals surface area contributed by atoms with Gasteiger partial charge in [0.25, 0.3) is 0 Å². The number of nitrogens with one attached hydrogen (secondary N) is 2. The number of aromatic nitrogens is 3.